The van der Waals surface area contributed by atoms with Crippen molar-refractivity contribution < 1.29 is 14.1 Å². The van der Waals surface area contributed by atoms with Crippen LogP contribution in [0.15, 0.2) is 11.8 Å². The van der Waals surface area contributed by atoms with E-state index in [2.05, 4.69) is 16.7 Å². The molecule has 1 atom stereocenters. The quantitative estimate of drug-likeness (QED) is 0.331. The highest BCUT2D eigenvalue weighted by Gasteiger charge is 2.15. The summed E-state index contributed by atoms with van der Waals surface area (Å²) in [6.07, 6.45) is 1.02. The van der Waals surface area contributed by atoms with E-state index in [1.165, 1.54) is 13.2 Å². The highest BCUT2D eigenvalue weighted by molar-refractivity contribution is 8.11. The van der Waals surface area contributed by atoms with Crippen molar-refractivity contribution in [2.24, 2.45) is 0 Å². The minimum Gasteiger partial charge on any atom is -0.466 e. The molecule has 16 heavy (non-hydrogen) atoms. The maximum Gasteiger partial charge on any atom is 0.333 e. The summed E-state index contributed by atoms with van der Waals surface area (Å²) < 4.78 is 10.1. The van der Waals surface area contributed by atoms with E-state index >= 15 is 0 Å². The summed E-state index contributed by atoms with van der Waals surface area (Å²) in [7, 11) is 1.33. The maximum absolute atomic E-state index is 11.0. The van der Waals surface area contributed by atoms with E-state index in [1.807, 2.05) is 6.92 Å². The van der Waals surface area contributed by atoms with Gasteiger partial charge < -0.3 is 9.26 Å². The predicted octanol–water partition coefficient (Wildman–Crippen LogP) is 2.41. The third-order valence-electron chi connectivity index (χ3n) is 1.83. The van der Waals surface area contributed by atoms with Gasteiger partial charge in [0, 0.05) is 12.7 Å². The second kappa shape index (κ2) is 7.82. The zero-order valence-corrected chi connectivity index (χ0v) is 12.0. The monoisotopic (exact) mass is 265 g/mol. The Morgan fingerprint density at radius 2 is 2.12 bits per heavy atom. The number of carbonyl (C=O) groups is 1. The lowest BCUT2D eigenvalue weighted by Crippen LogP contribution is -2.14. The van der Waals surface area contributed by atoms with Gasteiger partial charge in [0.1, 0.15) is 5.76 Å². The number of hydrogen-bond donors (Lipinski definition) is 1. The molecule has 0 aromatic carbocycles. The molecule has 0 spiro atoms. The van der Waals surface area contributed by atoms with Crippen molar-refractivity contribution in [3.63, 3.8) is 0 Å². The third kappa shape index (κ3) is 6.26. The molecule has 1 N–H and O–H groups in total. The molecule has 0 saturated carbocycles. The largest absolute Gasteiger partial charge is 0.466 e. The number of rotatable bonds is 7. The molecule has 0 bridgehead atoms. The first-order valence-electron chi connectivity index (χ1n) is 5.27. The first-order valence-corrected chi connectivity index (χ1v) is 8.18. The van der Waals surface area contributed by atoms with Gasteiger partial charge in [-0.2, -0.15) is 0 Å². The van der Waals surface area contributed by atoms with Crippen molar-refractivity contribution in [3.8, 4) is 0 Å². The number of nitrogens with one attached hydrogen (secondary N) is 1. The van der Waals surface area contributed by atoms with Crippen LogP contribution >= 0.6 is 6.42 Å². The lowest BCUT2D eigenvalue weighted by molar-refractivity contribution is -0.135. The number of methoxy groups -OCH3 is 1. The molecule has 94 valence electrons. The highest BCUT2D eigenvalue weighted by Crippen LogP contribution is 2.44. The Bertz CT molecular complexity index is 304. The lowest BCUT2D eigenvalue weighted by atomic mass is 10.5. The summed E-state index contributed by atoms with van der Waals surface area (Å²) in [5.41, 5.74) is 0. The summed E-state index contributed by atoms with van der Waals surface area (Å²) in [4.78, 5) is 11.0. The van der Waals surface area contributed by atoms with Crippen LogP contribution in [0.2, 0.25) is 0 Å². The molecule has 0 aliphatic carbocycles. The van der Waals surface area contributed by atoms with Gasteiger partial charge in [-0.1, -0.05) is 13.8 Å². The van der Waals surface area contributed by atoms with Gasteiger partial charge >= 0.3 is 5.97 Å². The van der Waals surface area contributed by atoms with Crippen LogP contribution in [-0.4, -0.2) is 25.8 Å². The minimum absolute atomic E-state index is 0.425. The van der Waals surface area contributed by atoms with Gasteiger partial charge in [0.25, 0.3) is 0 Å². The molecule has 0 saturated heterocycles. The third-order valence-corrected chi connectivity index (χ3v) is 5.34. The zero-order valence-electron chi connectivity index (χ0n) is 10.3. The Morgan fingerprint density at radius 1 is 1.50 bits per heavy atom. The van der Waals surface area contributed by atoms with E-state index in [-0.39, 0.29) is 0 Å². The van der Waals surface area contributed by atoms with E-state index in [9.17, 15) is 4.79 Å². The smallest absolute Gasteiger partial charge is 0.333 e. The molecule has 0 heterocycles. The van der Waals surface area contributed by atoms with Crippen molar-refractivity contribution >= 4 is 24.2 Å². The van der Waals surface area contributed by atoms with Crippen LogP contribution in [0.3, 0.4) is 0 Å². The van der Waals surface area contributed by atoms with Crippen LogP contribution in [0.5, 0.6) is 0 Å². The van der Waals surface area contributed by atoms with Gasteiger partial charge in [0.15, 0.2) is 6.42 Å². The van der Waals surface area contributed by atoms with Crippen molar-refractivity contribution in [2.75, 3.05) is 19.8 Å². The highest BCUT2D eigenvalue weighted by atomic mass is 32.4. The zero-order chi connectivity index (χ0) is 12.6. The Balaban J connectivity index is 4.47. The number of carbonyl (C=O) groups excluding carboxylic acids is 1. The number of esters is 1. The maximum atomic E-state index is 11.0. The van der Waals surface area contributed by atoms with Crippen molar-refractivity contribution in [1.82, 2.24) is 5.09 Å². The Hall–Kier alpha value is -0.380. The summed E-state index contributed by atoms with van der Waals surface area (Å²) in [5.74, 6) is 0.0753. The summed E-state index contributed by atoms with van der Waals surface area (Å²) in [5, 5.41) is 3.23. The molecular formula is C10H20NO3PS. The molecule has 0 rings (SSSR count). The molecular weight excluding hydrogens is 245 g/mol. The second-order valence-corrected chi connectivity index (χ2v) is 7.51. The van der Waals surface area contributed by atoms with E-state index in [1.54, 1.807) is 6.92 Å². The lowest BCUT2D eigenvalue weighted by Gasteiger charge is -2.23. The molecule has 6 heteroatoms. The SMILES string of the molecule is CCCNP(=S)(CC)O/C(C)=C/C(=O)OC. The van der Waals surface area contributed by atoms with Crippen LogP contribution in [0.25, 0.3) is 0 Å². The topological polar surface area (TPSA) is 47.6 Å². The molecule has 0 radical (unpaired) electrons. The van der Waals surface area contributed by atoms with E-state index in [0.717, 1.165) is 19.1 Å². The predicted molar refractivity (Wildman–Crippen MR) is 70.0 cm³/mol. The summed E-state index contributed by atoms with van der Waals surface area (Å²) in [6, 6.07) is 0. The van der Waals surface area contributed by atoms with E-state index in [0.29, 0.717) is 5.76 Å². The van der Waals surface area contributed by atoms with Crippen LogP contribution in [0.4, 0.5) is 0 Å². The average molecular weight is 265 g/mol. The second-order valence-electron chi connectivity index (χ2n) is 3.27. The van der Waals surface area contributed by atoms with Gasteiger partial charge in [-0.15, -0.1) is 0 Å². The summed E-state index contributed by atoms with van der Waals surface area (Å²) >= 11 is 5.42. The molecule has 0 aromatic heterocycles. The fraction of sp³-hybridized carbons (Fsp3) is 0.700. The molecule has 0 aliphatic rings. The van der Waals surface area contributed by atoms with Gasteiger partial charge in [0.2, 0.25) is 0 Å². The van der Waals surface area contributed by atoms with Crippen molar-refractivity contribution in [3.05, 3.63) is 11.8 Å². The van der Waals surface area contributed by atoms with Crippen LogP contribution < -0.4 is 5.09 Å². The Kier molecular flexibility index (Phi) is 7.64. The number of allylic oxidation sites excluding steroid dienone is 1. The van der Waals surface area contributed by atoms with Gasteiger partial charge in [0.05, 0.1) is 13.2 Å². The molecule has 1 unspecified atom stereocenters. The van der Waals surface area contributed by atoms with Gasteiger partial charge in [-0.05, 0) is 25.2 Å². The first kappa shape index (κ1) is 15.6. The summed E-state index contributed by atoms with van der Waals surface area (Å²) in [6.45, 7) is 6.59. The van der Waals surface area contributed by atoms with Crippen molar-refractivity contribution in [2.45, 2.75) is 27.2 Å². The first-order chi connectivity index (χ1) is 7.47. The molecule has 4 nitrogen and oxygen atoms in total. The van der Waals surface area contributed by atoms with Gasteiger partial charge in [-0.25, -0.2) is 4.79 Å². The van der Waals surface area contributed by atoms with Crippen LogP contribution in [0.1, 0.15) is 27.2 Å². The fourth-order valence-electron chi connectivity index (χ4n) is 0.975. The van der Waals surface area contributed by atoms with E-state index in [4.69, 9.17) is 16.3 Å². The van der Waals surface area contributed by atoms with Crippen LogP contribution in [-0.2, 0) is 25.9 Å². The van der Waals surface area contributed by atoms with Gasteiger partial charge in [-0.3, -0.25) is 5.09 Å². The average Bonchev–Trinajstić information content (AvgIpc) is 2.26. The number of hydrogen-bond acceptors (Lipinski definition) is 4. The normalized spacial score (nSPS) is 15.4. The van der Waals surface area contributed by atoms with E-state index < -0.39 is 12.4 Å². The van der Waals surface area contributed by atoms with Crippen LogP contribution in [0, 0.1) is 0 Å². The Labute approximate surface area is 103 Å². The fourth-order valence-corrected chi connectivity index (χ4v) is 3.10. The standard InChI is InChI=1S/C10H20NO3PS/c1-5-7-11-15(16,6-2)14-9(3)8-10(12)13-4/h8H,5-7H2,1-4H3,(H,11,16)/b9-8+. The van der Waals surface area contributed by atoms with Crippen molar-refractivity contribution in [1.29, 1.82) is 0 Å². The number of ether oxygens (including phenoxy) is 1. The Morgan fingerprint density at radius 3 is 2.56 bits per heavy atom. The molecule has 0 amide bonds. The molecule has 0 fully saturated rings. The minimum atomic E-state index is -2.03. The molecule has 0 aliphatic heterocycles. The molecule has 0 aromatic rings.